The van der Waals surface area contributed by atoms with Gasteiger partial charge < -0.3 is 14.7 Å². The molecule has 1 unspecified atom stereocenters. The van der Waals surface area contributed by atoms with E-state index in [0.717, 1.165) is 31.0 Å². The molecule has 0 spiro atoms. The number of nitrogens with zero attached hydrogens (tertiary/aromatic N) is 1. The Morgan fingerprint density at radius 1 is 1.53 bits per heavy atom. The molecule has 0 saturated carbocycles. The second-order valence-electron chi connectivity index (χ2n) is 4.37. The van der Waals surface area contributed by atoms with Crippen molar-refractivity contribution in [2.24, 2.45) is 0 Å². The van der Waals surface area contributed by atoms with Crippen LogP contribution in [-0.4, -0.2) is 48.6 Å². The summed E-state index contributed by atoms with van der Waals surface area (Å²) in [4.78, 5) is 3.51. The number of morpholine rings is 1. The van der Waals surface area contributed by atoms with Crippen molar-refractivity contribution >= 4 is 11.8 Å². The van der Waals surface area contributed by atoms with Gasteiger partial charge in [0.25, 0.3) is 0 Å². The predicted octanol–water partition coefficient (Wildman–Crippen LogP) is 1.60. The van der Waals surface area contributed by atoms with Crippen LogP contribution in [0.3, 0.4) is 0 Å². The van der Waals surface area contributed by atoms with Crippen LogP contribution < -0.4 is 0 Å². The van der Waals surface area contributed by atoms with Crippen molar-refractivity contribution < 1.29 is 9.84 Å². The molecule has 94 valence electrons. The number of hydrogen-bond acceptors (Lipinski definition) is 4. The van der Waals surface area contributed by atoms with Gasteiger partial charge in [-0.15, -0.1) is 11.8 Å². The first-order valence-corrected chi connectivity index (χ1v) is 6.89. The number of ether oxygens (including phenoxy) is 1. The molecule has 1 atom stereocenters. The van der Waals surface area contributed by atoms with E-state index in [0.29, 0.717) is 6.10 Å². The van der Waals surface area contributed by atoms with Crippen molar-refractivity contribution in [1.82, 2.24) is 4.90 Å². The molecule has 1 N–H and O–H groups in total. The normalized spacial score (nSPS) is 21.6. The molecule has 1 aliphatic heterocycles. The van der Waals surface area contributed by atoms with E-state index in [2.05, 4.69) is 18.0 Å². The smallest absolute Gasteiger partial charge is 0.0796 e. The molecule has 0 amide bonds. The van der Waals surface area contributed by atoms with E-state index in [9.17, 15) is 0 Å². The highest BCUT2D eigenvalue weighted by molar-refractivity contribution is 7.99. The quantitative estimate of drug-likeness (QED) is 0.826. The minimum Gasteiger partial charge on any atom is -0.392 e. The van der Waals surface area contributed by atoms with Crippen LogP contribution in [0.5, 0.6) is 0 Å². The minimum absolute atomic E-state index is 0.108. The van der Waals surface area contributed by atoms with Gasteiger partial charge in [-0.3, -0.25) is 0 Å². The highest BCUT2D eigenvalue weighted by Crippen LogP contribution is 2.21. The lowest BCUT2D eigenvalue weighted by atomic mass is 10.2. The fourth-order valence-electron chi connectivity index (χ4n) is 1.89. The zero-order valence-electron chi connectivity index (χ0n) is 10.1. The number of hydrogen-bond donors (Lipinski definition) is 1. The van der Waals surface area contributed by atoms with Gasteiger partial charge >= 0.3 is 0 Å². The van der Waals surface area contributed by atoms with Crippen molar-refractivity contribution in [1.29, 1.82) is 0 Å². The summed E-state index contributed by atoms with van der Waals surface area (Å²) in [5.74, 6) is 0.971. The Morgan fingerprint density at radius 2 is 2.41 bits per heavy atom. The number of benzene rings is 1. The van der Waals surface area contributed by atoms with E-state index in [4.69, 9.17) is 9.84 Å². The third-order valence-electron chi connectivity index (χ3n) is 2.86. The number of likely N-dealkylation sites (N-methyl/N-ethyl adjacent to an activating group) is 1. The molecule has 1 aromatic carbocycles. The molecule has 1 heterocycles. The van der Waals surface area contributed by atoms with Crippen LogP contribution in [0.4, 0.5) is 0 Å². The van der Waals surface area contributed by atoms with Gasteiger partial charge in [0.05, 0.1) is 19.3 Å². The van der Waals surface area contributed by atoms with Gasteiger partial charge in [0.2, 0.25) is 0 Å². The second kappa shape index (κ2) is 6.40. The number of aliphatic hydroxyl groups is 1. The van der Waals surface area contributed by atoms with Gasteiger partial charge in [-0.25, -0.2) is 0 Å². The van der Waals surface area contributed by atoms with Gasteiger partial charge in [0.15, 0.2) is 0 Å². The van der Waals surface area contributed by atoms with Crippen LogP contribution in [0.25, 0.3) is 0 Å². The maximum atomic E-state index is 9.07. The molecule has 4 heteroatoms. The van der Waals surface area contributed by atoms with E-state index in [1.54, 1.807) is 11.8 Å². The summed E-state index contributed by atoms with van der Waals surface area (Å²) in [7, 11) is 2.13. The SMILES string of the molecule is CN1CCOC(CSc2cccc(CO)c2)C1. The average molecular weight is 253 g/mol. The second-order valence-corrected chi connectivity index (χ2v) is 5.46. The Kier molecular flexibility index (Phi) is 4.86. The van der Waals surface area contributed by atoms with Crippen LogP contribution in [0, 0.1) is 0 Å². The topological polar surface area (TPSA) is 32.7 Å². The van der Waals surface area contributed by atoms with Gasteiger partial charge in [0.1, 0.15) is 0 Å². The Balaban J connectivity index is 1.84. The average Bonchev–Trinajstić information content (AvgIpc) is 2.37. The standard InChI is InChI=1S/C13H19NO2S/c1-14-5-6-16-12(8-14)10-17-13-4-2-3-11(7-13)9-15/h2-4,7,12,15H,5-6,8-10H2,1H3. The van der Waals surface area contributed by atoms with E-state index in [1.165, 1.54) is 4.90 Å². The van der Waals surface area contributed by atoms with Gasteiger partial charge in [-0.2, -0.15) is 0 Å². The van der Waals surface area contributed by atoms with Gasteiger partial charge in [0, 0.05) is 23.7 Å². The lowest BCUT2D eigenvalue weighted by Crippen LogP contribution is -2.41. The van der Waals surface area contributed by atoms with Crippen molar-refractivity contribution in [3.63, 3.8) is 0 Å². The maximum absolute atomic E-state index is 9.07. The highest BCUT2D eigenvalue weighted by atomic mass is 32.2. The molecule has 1 saturated heterocycles. The fourth-order valence-corrected chi connectivity index (χ4v) is 2.88. The Labute approximate surface area is 107 Å². The summed E-state index contributed by atoms with van der Waals surface area (Å²) in [5, 5.41) is 9.07. The Morgan fingerprint density at radius 3 is 3.18 bits per heavy atom. The summed E-state index contributed by atoms with van der Waals surface area (Å²) < 4.78 is 5.71. The first-order chi connectivity index (χ1) is 8.28. The molecule has 0 aliphatic carbocycles. The van der Waals surface area contributed by atoms with Crippen molar-refractivity contribution in [3.8, 4) is 0 Å². The maximum Gasteiger partial charge on any atom is 0.0796 e. The predicted molar refractivity (Wildman–Crippen MR) is 70.3 cm³/mol. The third kappa shape index (κ3) is 4.00. The Bertz CT molecular complexity index is 359. The molecule has 2 rings (SSSR count). The van der Waals surface area contributed by atoms with Crippen molar-refractivity contribution in [3.05, 3.63) is 29.8 Å². The highest BCUT2D eigenvalue weighted by Gasteiger charge is 2.17. The van der Waals surface area contributed by atoms with Gasteiger partial charge in [-0.05, 0) is 24.7 Å². The minimum atomic E-state index is 0.108. The molecule has 3 nitrogen and oxygen atoms in total. The molecule has 0 aromatic heterocycles. The van der Waals surface area contributed by atoms with E-state index in [-0.39, 0.29) is 6.61 Å². The zero-order valence-corrected chi connectivity index (χ0v) is 10.9. The number of thioether (sulfide) groups is 1. The summed E-state index contributed by atoms with van der Waals surface area (Å²) in [6.07, 6.45) is 0.316. The molecule has 0 radical (unpaired) electrons. The lowest BCUT2D eigenvalue weighted by Gasteiger charge is -2.29. The van der Waals surface area contributed by atoms with Crippen molar-refractivity contribution in [2.45, 2.75) is 17.6 Å². The monoisotopic (exact) mass is 253 g/mol. The first kappa shape index (κ1) is 12.9. The van der Waals surface area contributed by atoms with E-state index < -0.39 is 0 Å². The molecule has 1 aromatic rings. The van der Waals surface area contributed by atoms with Crippen LogP contribution in [0.2, 0.25) is 0 Å². The van der Waals surface area contributed by atoms with Crippen molar-refractivity contribution in [2.75, 3.05) is 32.5 Å². The van der Waals surface area contributed by atoms with E-state index >= 15 is 0 Å². The summed E-state index contributed by atoms with van der Waals surface area (Å²) in [6, 6.07) is 8.05. The van der Waals surface area contributed by atoms with Gasteiger partial charge in [-0.1, -0.05) is 12.1 Å². The summed E-state index contributed by atoms with van der Waals surface area (Å²) >= 11 is 1.80. The summed E-state index contributed by atoms with van der Waals surface area (Å²) in [6.45, 7) is 2.98. The lowest BCUT2D eigenvalue weighted by molar-refractivity contribution is -0.00598. The molecule has 1 fully saturated rings. The molecular formula is C13H19NO2S. The molecule has 1 aliphatic rings. The van der Waals surface area contributed by atoms with Crippen LogP contribution in [0.15, 0.2) is 29.2 Å². The van der Waals surface area contributed by atoms with Crippen LogP contribution in [0.1, 0.15) is 5.56 Å². The Hall–Kier alpha value is -0.550. The number of aliphatic hydroxyl groups excluding tert-OH is 1. The molecule has 0 bridgehead atoms. The molecule has 17 heavy (non-hydrogen) atoms. The third-order valence-corrected chi connectivity index (χ3v) is 3.98. The zero-order chi connectivity index (χ0) is 12.1. The largest absolute Gasteiger partial charge is 0.392 e. The number of rotatable bonds is 4. The van der Waals surface area contributed by atoms with Crippen LogP contribution >= 0.6 is 11.8 Å². The fraction of sp³-hybridized carbons (Fsp3) is 0.538. The molecular weight excluding hydrogens is 234 g/mol. The van der Waals surface area contributed by atoms with Crippen LogP contribution in [-0.2, 0) is 11.3 Å². The van der Waals surface area contributed by atoms with E-state index in [1.807, 2.05) is 18.2 Å². The summed E-state index contributed by atoms with van der Waals surface area (Å²) in [5.41, 5.74) is 0.969. The first-order valence-electron chi connectivity index (χ1n) is 5.90.